The number of hydrogen-bond donors (Lipinski definition) is 1. The van der Waals surface area contributed by atoms with Crippen molar-refractivity contribution in [3.63, 3.8) is 0 Å². The van der Waals surface area contributed by atoms with E-state index in [1.807, 2.05) is 19.9 Å². The zero-order valence-electron chi connectivity index (χ0n) is 25.0. The molecule has 2 amide bonds. The quantitative estimate of drug-likeness (QED) is 0.262. The number of aryl methyl sites for hydroxylation is 1. The lowest BCUT2D eigenvalue weighted by molar-refractivity contribution is -0.139. The van der Waals surface area contributed by atoms with E-state index >= 15 is 0 Å². The number of carbonyl (C=O) groups excluding carboxylic acids is 2. The van der Waals surface area contributed by atoms with Crippen molar-refractivity contribution in [1.82, 2.24) is 10.2 Å². The Morgan fingerprint density at radius 2 is 1.63 bits per heavy atom. The first-order valence-corrected chi connectivity index (χ1v) is 16.6. The summed E-state index contributed by atoms with van der Waals surface area (Å²) in [5.74, 6) is -0.226. The van der Waals surface area contributed by atoms with Crippen molar-refractivity contribution >= 4 is 39.1 Å². The van der Waals surface area contributed by atoms with Crippen LogP contribution in [0.1, 0.15) is 57.1 Å². The first-order chi connectivity index (χ1) is 20.6. The zero-order valence-corrected chi connectivity index (χ0v) is 26.5. The third-order valence-corrected chi connectivity index (χ3v) is 9.90. The minimum absolute atomic E-state index is 0.0411. The highest BCUT2D eigenvalue weighted by molar-refractivity contribution is 7.92. The van der Waals surface area contributed by atoms with Crippen molar-refractivity contribution in [2.75, 3.05) is 17.5 Å². The van der Waals surface area contributed by atoms with E-state index in [1.54, 1.807) is 61.5 Å². The molecule has 1 aliphatic rings. The largest absolute Gasteiger partial charge is 0.494 e. The lowest BCUT2D eigenvalue weighted by Gasteiger charge is -2.33. The predicted octanol–water partition coefficient (Wildman–Crippen LogP) is 6.11. The van der Waals surface area contributed by atoms with Crippen LogP contribution in [0.15, 0.2) is 77.7 Å². The van der Waals surface area contributed by atoms with Crippen LogP contribution in [0.3, 0.4) is 0 Å². The van der Waals surface area contributed by atoms with E-state index in [0.29, 0.717) is 28.6 Å². The molecular formula is C33H40ClN3O5S. The van der Waals surface area contributed by atoms with E-state index in [0.717, 1.165) is 42.0 Å². The molecule has 8 nitrogen and oxygen atoms in total. The van der Waals surface area contributed by atoms with E-state index < -0.39 is 28.5 Å². The highest BCUT2D eigenvalue weighted by Gasteiger charge is 2.33. The van der Waals surface area contributed by atoms with Crippen LogP contribution in [0.4, 0.5) is 5.69 Å². The van der Waals surface area contributed by atoms with Crippen LogP contribution in [0.5, 0.6) is 5.75 Å². The summed E-state index contributed by atoms with van der Waals surface area (Å²) in [5, 5.41) is 3.56. The molecule has 1 N–H and O–H groups in total. The standard InChI is InChI=1S/C33H40ClN3O5S/c1-4-42-29-18-16-28(17-19-29)37(43(40,41)30-20-14-24(2)15-21-30)23-32(38)36(22-26-10-8-9-13-31(26)34)25(3)33(39)35-27-11-6-5-7-12-27/h8-10,13-21,25,27H,4-7,11-12,22-23H2,1-3H3,(H,35,39)/t25-/m1/s1. The Bertz CT molecular complexity index is 1490. The van der Waals surface area contributed by atoms with E-state index in [2.05, 4.69) is 5.32 Å². The summed E-state index contributed by atoms with van der Waals surface area (Å²) in [6.07, 6.45) is 5.05. The maximum absolute atomic E-state index is 14.2. The molecule has 4 rings (SSSR count). The molecule has 0 saturated heterocycles. The zero-order chi connectivity index (χ0) is 31.0. The van der Waals surface area contributed by atoms with Crippen LogP contribution in [0.2, 0.25) is 5.02 Å². The summed E-state index contributed by atoms with van der Waals surface area (Å²) in [7, 11) is -4.16. The van der Waals surface area contributed by atoms with Crippen molar-refractivity contribution < 1.29 is 22.7 Å². The van der Waals surface area contributed by atoms with E-state index in [1.165, 1.54) is 17.0 Å². The first kappa shape index (κ1) is 32.4. The summed E-state index contributed by atoms with van der Waals surface area (Å²) < 4.78 is 34.7. The maximum atomic E-state index is 14.2. The Morgan fingerprint density at radius 1 is 0.977 bits per heavy atom. The second-order valence-electron chi connectivity index (χ2n) is 10.9. The Labute approximate surface area is 260 Å². The number of anilines is 1. The van der Waals surface area contributed by atoms with Crippen molar-refractivity contribution in [3.05, 3.63) is 88.9 Å². The number of carbonyl (C=O) groups is 2. The summed E-state index contributed by atoms with van der Waals surface area (Å²) in [4.78, 5) is 29.1. The Hall–Kier alpha value is -3.56. The molecule has 1 atom stereocenters. The molecule has 0 spiro atoms. The molecule has 3 aromatic rings. The summed E-state index contributed by atoms with van der Waals surface area (Å²) in [6.45, 7) is 5.38. The molecule has 0 bridgehead atoms. The number of hydrogen-bond acceptors (Lipinski definition) is 5. The second-order valence-corrected chi connectivity index (χ2v) is 13.2. The summed E-state index contributed by atoms with van der Waals surface area (Å²) in [6, 6.07) is 19.4. The normalized spacial score (nSPS) is 14.5. The van der Waals surface area contributed by atoms with Gasteiger partial charge in [0.1, 0.15) is 18.3 Å². The number of ether oxygens (including phenoxy) is 1. The molecule has 0 aliphatic heterocycles. The molecule has 3 aromatic carbocycles. The number of rotatable bonds is 12. The Kier molecular flexibility index (Phi) is 11.1. The second kappa shape index (κ2) is 14.8. The fraction of sp³-hybridized carbons (Fsp3) is 0.394. The van der Waals surface area contributed by atoms with Crippen LogP contribution >= 0.6 is 11.6 Å². The third kappa shape index (κ3) is 8.30. The van der Waals surface area contributed by atoms with Gasteiger partial charge < -0.3 is 15.0 Å². The van der Waals surface area contributed by atoms with Crippen LogP contribution in [0.25, 0.3) is 0 Å². The third-order valence-electron chi connectivity index (χ3n) is 7.74. The molecule has 0 radical (unpaired) electrons. The highest BCUT2D eigenvalue weighted by atomic mass is 35.5. The lowest BCUT2D eigenvalue weighted by Crippen LogP contribution is -2.53. The molecule has 0 heterocycles. The molecule has 0 unspecified atom stereocenters. The van der Waals surface area contributed by atoms with E-state index in [9.17, 15) is 18.0 Å². The van der Waals surface area contributed by atoms with Crippen LogP contribution in [-0.4, -0.2) is 50.4 Å². The van der Waals surface area contributed by atoms with Crippen LogP contribution in [0, 0.1) is 6.92 Å². The number of benzene rings is 3. The van der Waals surface area contributed by atoms with Crippen molar-refractivity contribution in [3.8, 4) is 5.75 Å². The average Bonchev–Trinajstić information content (AvgIpc) is 3.00. The monoisotopic (exact) mass is 625 g/mol. The maximum Gasteiger partial charge on any atom is 0.264 e. The van der Waals surface area contributed by atoms with Gasteiger partial charge in [0.2, 0.25) is 11.8 Å². The van der Waals surface area contributed by atoms with Crippen molar-refractivity contribution in [2.24, 2.45) is 0 Å². The Balaban J connectivity index is 1.68. The highest BCUT2D eigenvalue weighted by Crippen LogP contribution is 2.27. The van der Waals surface area contributed by atoms with Gasteiger partial charge >= 0.3 is 0 Å². The minimum atomic E-state index is -4.16. The van der Waals surface area contributed by atoms with Gasteiger partial charge in [0.05, 0.1) is 17.2 Å². The Morgan fingerprint density at radius 3 is 2.26 bits per heavy atom. The molecule has 10 heteroatoms. The van der Waals surface area contributed by atoms with Gasteiger partial charge in [0.25, 0.3) is 10.0 Å². The molecule has 1 saturated carbocycles. The van der Waals surface area contributed by atoms with Gasteiger partial charge in [-0.05, 0) is 81.6 Å². The van der Waals surface area contributed by atoms with Crippen LogP contribution in [-0.2, 0) is 26.2 Å². The molecule has 1 fully saturated rings. The SMILES string of the molecule is CCOc1ccc(N(CC(=O)N(Cc2ccccc2Cl)[C@H](C)C(=O)NC2CCCCC2)S(=O)(=O)c2ccc(C)cc2)cc1. The topological polar surface area (TPSA) is 96.0 Å². The number of nitrogens with one attached hydrogen (secondary N) is 1. The fourth-order valence-corrected chi connectivity index (χ4v) is 6.81. The van der Waals surface area contributed by atoms with Gasteiger partial charge in [0, 0.05) is 17.6 Å². The molecular weight excluding hydrogens is 586 g/mol. The van der Waals surface area contributed by atoms with Crippen molar-refractivity contribution in [2.45, 2.75) is 76.4 Å². The number of amides is 2. The summed E-state index contributed by atoms with van der Waals surface area (Å²) in [5.41, 5.74) is 1.87. The number of halogens is 1. The lowest BCUT2D eigenvalue weighted by atomic mass is 9.95. The van der Waals surface area contributed by atoms with Gasteiger partial charge in [0.15, 0.2) is 0 Å². The number of nitrogens with zero attached hydrogens (tertiary/aromatic N) is 2. The average molecular weight is 626 g/mol. The van der Waals surface area contributed by atoms with E-state index in [4.69, 9.17) is 16.3 Å². The predicted molar refractivity (Wildman–Crippen MR) is 170 cm³/mol. The van der Waals surface area contributed by atoms with Gasteiger partial charge in [-0.2, -0.15) is 0 Å². The summed E-state index contributed by atoms with van der Waals surface area (Å²) >= 11 is 6.46. The van der Waals surface area contributed by atoms with Gasteiger partial charge in [-0.1, -0.05) is 66.8 Å². The molecule has 0 aromatic heterocycles. The fourth-order valence-electron chi connectivity index (χ4n) is 5.20. The van der Waals surface area contributed by atoms with E-state index in [-0.39, 0.29) is 23.4 Å². The number of sulfonamides is 1. The van der Waals surface area contributed by atoms with Crippen molar-refractivity contribution in [1.29, 1.82) is 0 Å². The molecule has 43 heavy (non-hydrogen) atoms. The minimum Gasteiger partial charge on any atom is -0.494 e. The first-order valence-electron chi connectivity index (χ1n) is 14.8. The van der Waals surface area contributed by atoms with Crippen LogP contribution < -0.4 is 14.4 Å². The molecule has 1 aliphatic carbocycles. The van der Waals surface area contributed by atoms with Gasteiger partial charge in [-0.3, -0.25) is 13.9 Å². The molecule has 230 valence electrons. The van der Waals surface area contributed by atoms with Gasteiger partial charge in [-0.15, -0.1) is 0 Å². The smallest absolute Gasteiger partial charge is 0.264 e. The van der Waals surface area contributed by atoms with Gasteiger partial charge in [-0.25, -0.2) is 8.42 Å².